The Hall–Kier alpha value is 0.589. The van der Waals surface area contributed by atoms with Crippen molar-refractivity contribution >= 4 is 29.1 Å². The summed E-state index contributed by atoms with van der Waals surface area (Å²) in [6.45, 7) is 0. The van der Waals surface area contributed by atoms with Crippen LogP contribution in [0.1, 0.15) is 0 Å². The van der Waals surface area contributed by atoms with Gasteiger partial charge in [-0.25, -0.2) is 0 Å². The molecule has 0 aliphatic carbocycles. The Bertz CT molecular complexity index is 346. The van der Waals surface area contributed by atoms with Crippen molar-refractivity contribution in [2.24, 2.45) is 0 Å². The Morgan fingerprint density at radius 1 is 1.17 bits per heavy atom. The first-order chi connectivity index (χ1) is 5.00. The van der Waals surface area contributed by atoms with E-state index in [0.717, 1.165) is 0 Å². The minimum Gasteiger partial charge on any atom is 1.00 e. The van der Waals surface area contributed by atoms with Gasteiger partial charge in [-0.3, -0.25) is 0 Å². The normalized spacial score (nSPS) is 10.5. The Morgan fingerprint density at radius 3 is 1.92 bits per heavy atom. The third-order valence-electron chi connectivity index (χ3n) is 1.10. The molecule has 0 saturated carbocycles. The van der Waals surface area contributed by atoms with Crippen molar-refractivity contribution in [1.29, 1.82) is 0 Å². The third kappa shape index (κ3) is 3.54. The van der Waals surface area contributed by atoms with E-state index < -0.39 is 13.0 Å². The maximum Gasteiger partial charge on any atom is 1.00 e. The molecule has 0 bridgehead atoms. The molecule has 0 aliphatic rings. The second-order valence-corrected chi connectivity index (χ2v) is 5.24. The molecule has 0 radical (unpaired) electrons. The number of rotatable bonds is 1. The number of benzene rings is 1. The number of hydrogen-bond donors (Lipinski definition) is 0. The second kappa shape index (κ2) is 4.72. The molecule has 0 amide bonds. The molecule has 0 atom stereocenters. The van der Waals surface area contributed by atoms with Crippen LogP contribution in [-0.4, -0.2) is 13.0 Å². The minimum absolute atomic E-state index is 0. The minimum atomic E-state index is -5.03. The van der Waals surface area contributed by atoms with Crippen LogP contribution in [0.25, 0.3) is 0 Å². The van der Waals surface area contributed by atoms with E-state index >= 15 is 0 Å². The van der Waals surface area contributed by atoms with Crippen LogP contribution in [0.4, 0.5) is 0 Å². The standard InChI is InChI=1S/C6H5ClO3Se.Na/c7-5-1-3-6(4-2-5)11(8,9)10;/h1-4H,(H,8,9,10);/q;+1/p-1. The zero-order valence-electron chi connectivity index (χ0n) is 6.32. The molecule has 1 aromatic carbocycles. The summed E-state index contributed by atoms with van der Waals surface area (Å²) < 4.78 is 31.1. The molecule has 0 aromatic heterocycles. The Labute approximate surface area is 99.0 Å². The summed E-state index contributed by atoms with van der Waals surface area (Å²) in [7, 11) is 0. The van der Waals surface area contributed by atoms with Crippen LogP contribution in [0.5, 0.6) is 0 Å². The summed E-state index contributed by atoms with van der Waals surface area (Å²) in [5.74, 6) is 0. The Kier molecular flexibility index (Phi) is 4.95. The predicted octanol–water partition coefficient (Wildman–Crippen LogP) is -3.29. The summed E-state index contributed by atoms with van der Waals surface area (Å²) >= 11 is 0.440. The van der Waals surface area contributed by atoms with Gasteiger partial charge in [0.1, 0.15) is 0 Å². The molecule has 1 rings (SSSR count). The van der Waals surface area contributed by atoms with Crippen LogP contribution >= 0.6 is 11.6 Å². The molecule has 60 valence electrons. The van der Waals surface area contributed by atoms with Crippen molar-refractivity contribution in [3.05, 3.63) is 29.3 Å². The number of hydrogen-bond acceptors (Lipinski definition) is 3. The molecular weight excluding hydrogens is 257 g/mol. The molecule has 0 unspecified atom stereocenters. The van der Waals surface area contributed by atoms with E-state index in [9.17, 15) is 11.9 Å². The van der Waals surface area contributed by atoms with Gasteiger partial charge in [-0.15, -0.1) is 0 Å². The van der Waals surface area contributed by atoms with Crippen molar-refractivity contribution in [2.75, 3.05) is 0 Å². The van der Waals surface area contributed by atoms with Gasteiger partial charge in [-0.2, -0.15) is 0 Å². The van der Waals surface area contributed by atoms with Crippen LogP contribution in [0, 0.1) is 0 Å². The van der Waals surface area contributed by atoms with Crippen LogP contribution in [-0.2, 0) is 7.67 Å². The van der Waals surface area contributed by atoms with E-state index in [1.54, 1.807) is 0 Å². The van der Waals surface area contributed by atoms with Gasteiger partial charge in [0.25, 0.3) is 0 Å². The zero-order valence-corrected chi connectivity index (χ0v) is 10.8. The van der Waals surface area contributed by atoms with Crippen LogP contribution in [0.3, 0.4) is 0 Å². The Balaban J connectivity index is 0.00000121. The van der Waals surface area contributed by atoms with E-state index in [1.165, 1.54) is 24.3 Å². The van der Waals surface area contributed by atoms with Gasteiger partial charge < -0.3 is 0 Å². The summed E-state index contributed by atoms with van der Waals surface area (Å²) in [5, 5.41) is 0.412. The average Bonchev–Trinajstić information content (AvgIpc) is 1.86. The molecule has 0 saturated heterocycles. The molecule has 1 aromatic rings. The molecule has 0 heterocycles. The fourth-order valence-corrected chi connectivity index (χ4v) is 1.71. The van der Waals surface area contributed by atoms with Crippen LogP contribution in [0.2, 0.25) is 5.02 Å². The largest absolute Gasteiger partial charge is 1.00 e. The summed E-state index contributed by atoms with van der Waals surface area (Å²) in [6, 6.07) is 5.15. The smallest absolute Gasteiger partial charge is 1.00 e. The monoisotopic (exact) mass is 262 g/mol. The molecule has 0 spiro atoms. The van der Waals surface area contributed by atoms with E-state index in [2.05, 4.69) is 0 Å². The number of halogens is 1. The van der Waals surface area contributed by atoms with Crippen LogP contribution in [0.15, 0.2) is 24.3 Å². The molecule has 0 aliphatic heterocycles. The fraction of sp³-hybridized carbons (Fsp3) is 0. The van der Waals surface area contributed by atoms with Crippen molar-refractivity contribution < 1.29 is 41.4 Å². The van der Waals surface area contributed by atoms with E-state index in [-0.39, 0.29) is 34.0 Å². The second-order valence-electron chi connectivity index (χ2n) is 1.91. The SMILES string of the molecule is O=[Se](=O)([O-])c1ccc(Cl)cc1.[Na+]. The van der Waals surface area contributed by atoms with Gasteiger partial charge in [-0.05, 0) is 0 Å². The summed E-state index contributed by atoms with van der Waals surface area (Å²) in [5.41, 5.74) is 0. The van der Waals surface area contributed by atoms with Crippen molar-refractivity contribution in [3.63, 3.8) is 0 Å². The van der Waals surface area contributed by atoms with Crippen molar-refractivity contribution in [2.45, 2.75) is 0 Å². The van der Waals surface area contributed by atoms with Gasteiger partial charge in [0, 0.05) is 0 Å². The molecule has 0 N–H and O–H groups in total. The molecule has 3 nitrogen and oxygen atoms in total. The maximum absolute atomic E-state index is 10.4. The Morgan fingerprint density at radius 2 is 1.58 bits per heavy atom. The fourth-order valence-electron chi connectivity index (χ4n) is 0.601. The molecule has 0 fully saturated rings. The molecular formula is C6H4ClNaO3Se. The topological polar surface area (TPSA) is 57.2 Å². The third-order valence-corrected chi connectivity index (χ3v) is 3.14. The van der Waals surface area contributed by atoms with E-state index in [0.29, 0.717) is 5.02 Å². The zero-order chi connectivity index (χ0) is 8.48. The quantitative estimate of drug-likeness (QED) is 0.498. The van der Waals surface area contributed by atoms with Crippen molar-refractivity contribution in [1.82, 2.24) is 0 Å². The van der Waals surface area contributed by atoms with Crippen molar-refractivity contribution in [3.8, 4) is 0 Å². The van der Waals surface area contributed by atoms with Gasteiger partial charge in [-0.1, -0.05) is 0 Å². The van der Waals surface area contributed by atoms with Crippen LogP contribution < -0.4 is 38.2 Å². The summed E-state index contributed by atoms with van der Waals surface area (Å²) in [4.78, 5) is 0. The first-order valence-corrected chi connectivity index (χ1v) is 6.05. The van der Waals surface area contributed by atoms with Gasteiger partial charge in [0.2, 0.25) is 0 Å². The molecule has 12 heavy (non-hydrogen) atoms. The maximum atomic E-state index is 10.4. The summed E-state index contributed by atoms with van der Waals surface area (Å²) in [6.07, 6.45) is 0. The first kappa shape index (κ1) is 12.6. The average molecular weight is 261 g/mol. The van der Waals surface area contributed by atoms with Gasteiger partial charge in [0.05, 0.1) is 0 Å². The van der Waals surface area contributed by atoms with Gasteiger partial charge in [0.15, 0.2) is 0 Å². The van der Waals surface area contributed by atoms with E-state index in [1.807, 2.05) is 0 Å². The molecule has 6 heteroatoms. The predicted molar refractivity (Wildman–Crippen MR) is 38.2 cm³/mol. The van der Waals surface area contributed by atoms with E-state index in [4.69, 9.17) is 11.6 Å². The van der Waals surface area contributed by atoms with Gasteiger partial charge >= 0.3 is 99.8 Å². The first-order valence-electron chi connectivity index (χ1n) is 2.71.